The highest BCUT2D eigenvalue weighted by molar-refractivity contribution is 5.95. The largest absolute Gasteiger partial charge is 0.467 e. The van der Waals surface area contributed by atoms with E-state index >= 15 is 0 Å². The number of carbonyl (C=O) groups is 2. The van der Waals surface area contributed by atoms with Crippen LogP contribution < -0.4 is 10.6 Å². The van der Waals surface area contributed by atoms with Crippen LogP contribution in [-0.4, -0.2) is 28.1 Å². The maximum Gasteiger partial charge on any atom is 0.269 e. The lowest BCUT2D eigenvalue weighted by Crippen LogP contribution is -2.37. The van der Waals surface area contributed by atoms with E-state index in [0.29, 0.717) is 18.0 Å². The molecule has 2 rings (SSSR count). The summed E-state index contributed by atoms with van der Waals surface area (Å²) in [5, 5.41) is 9.25. The topological polar surface area (TPSA) is 89.2 Å². The lowest BCUT2D eigenvalue weighted by Gasteiger charge is -2.06. The molecule has 0 unspecified atom stereocenters. The first-order valence-corrected chi connectivity index (χ1v) is 6.14. The minimum absolute atomic E-state index is 0.0935. The minimum atomic E-state index is -0.332. The van der Waals surface area contributed by atoms with Gasteiger partial charge in [-0.2, -0.15) is 5.10 Å². The van der Waals surface area contributed by atoms with Gasteiger partial charge in [-0.05, 0) is 25.1 Å². The molecule has 0 bridgehead atoms. The van der Waals surface area contributed by atoms with E-state index in [1.54, 1.807) is 32.2 Å². The van der Waals surface area contributed by atoms with Crippen molar-refractivity contribution in [1.82, 2.24) is 20.4 Å². The highest BCUT2D eigenvalue weighted by Crippen LogP contribution is 2.01. The molecule has 106 valence electrons. The first-order valence-electron chi connectivity index (χ1n) is 6.14. The molecule has 2 N–H and O–H groups in total. The predicted molar refractivity (Wildman–Crippen MR) is 70.8 cm³/mol. The number of aromatic nitrogens is 2. The molecule has 0 spiro atoms. The molecule has 7 nitrogen and oxygen atoms in total. The average Bonchev–Trinajstić information content (AvgIpc) is 3.03. The first kappa shape index (κ1) is 13.9. The second-order valence-electron chi connectivity index (χ2n) is 4.33. The molecular weight excluding hydrogens is 260 g/mol. The summed E-state index contributed by atoms with van der Waals surface area (Å²) in [6.45, 7) is 2.00. The molecule has 2 heterocycles. The average molecular weight is 276 g/mol. The Bertz CT molecular complexity index is 601. The zero-order chi connectivity index (χ0) is 14.5. The molecule has 0 aliphatic carbocycles. The third-order valence-electron chi connectivity index (χ3n) is 2.68. The fourth-order valence-corrected chi connectivity index (χ4v) is 1.74. The molecule has 20 heavy (non-hydrogen) atoms. The van der Waals surface area contributed by atoms with Crippen molar-refractivity contribution in [1.29, 1.82) is 0 Å². The van der Waals surface area contributed by atoms with E-state index in [1.165, 1.54) is 10.9 Å². The van der Waals surface area contributed by atoms with E-state index in [0.717, 1.165) is 5.69 Å². The Kier molecular flexibility index (Phi) is 4.19. The standard InChI is InChI=1S/C13H16N4O3/c1-9-6-11(17(2)16-9)13(19)15-8-12(18)14-7-10-4-3-5-20-10/h3-6H,7-8H2,1-2H3,(H,14,18)(H,15,19). The normalized spacial score (nSPS) is 10.3. The molecule has 2 aromatic heterocycles. The van der Waals surface area contributed by atoms with Gasteiger partial charge < -0.3 is 15.1 Å². The van der Waals surface area contributed by atoms with Gasteiger partial charge in [0, 0.05) is 7.05 Å². The zero-order valence-corrected chi connectivity index (χ0v) is 11.3. The van der Waals surface area contributed by atoms with Crippen LogP contribution in [0.1, 0.15) is 21.9 Å². The quantitative estimate of drug-likeness (QED) is 0.825. The van der Waals surface area contributed by atoms with Crippen LogP contribution in [0.3, 0.4) is 0 Å². The summed E-state index contributed by atoms with van der Waals surface area (Å²) in [5.74, 6) is 0.0434. The van der Waals surface area contributed by atoms with Gasteiger partial charge in [0.15, 0.2) is 0 Å². The van der Waals surface area contributed by atoms with Crippen LogP contribution in [0.15, 0.2) is 28.9 Å². The molecule has 7 heteroatoms. The van der Waals surface area contributed by atoms with Crippen molar-refractivity contribution in [2.24, 2.45) is 7.05 Å². The Labute approximate surface area is 116 Å². The fraction of sp³-hybridized carbons (Fsp3) is 0.308. The van der Waals surface area contributed by atoms with Crippen LogP contribution in [0.5, 0.6) is 0 Å². The molecule has 0 saturated heterocycles. The Morgan fingerprint density at radius 1 is 1.40 bits per heavy atom. The number of aryl methyl sites for hydroxylation is 2. The number of carbonyl (C=O) groups excluding carboxylic acids is 2. The third-order valence-corrected chi connectivity index (χ3v) is 2.68. The number of furan rings is 1. The maximum absolute atomic E-state index is 11.8. The molecule has 0 saturated carbocycles. The zero-order valence-electron chi connectivity index (χ0n) is 11.3. The Morgan fingerprint density at radius 2 is 2.20 bits per heavy atom. The molecule has 2 amide bonds. The van der Waals surface area contributed by atoms with E-state index in [2.05, 4.69) is 15.7 Å². The first-order chi connectivity index (χ1) is 9.56. The summed E-state index contributed by atoms with van der Waals surface area (Å²) >= 11 is 0. The van der Waals surface area contributed by atoms with Crippen LogP contribution >= 0.6 is 0 Å². The molecule has 0 aromatic carbocycles. The van der Waals surface area contributed by atoms with Gasteiger partial charge in [-0.25, -0.2) is 0 Å². The van der Waals surface area contributed by atoms with Crippen LogP contribution in [0.2, 0.25) is 0 Å². The number of hydrogen-bond acceptors (Lipinski definition) is 4. The summed E-state index contributed by atoms with van der Waals surface area (Å²) < 4.78 is 6.56. The number of rotatable bonds is 5. The van der Waals surface area contributed by atoms with Crippen LogP contribution in [0.25, 0.3) is 0 Å². The number of nitrogens with zero attached hydrogens (tertiary/aromatic N) is 2. The van der Waals surface area contributed by atoms with Crippen molar-refractivity contribution in [3.8, 4) is 0 Å². The lowest BCUT2D eigenvalue weighted by atomic mass is 10.3. The molecular formula is C13H16N4O3. The predicted octanol–water partition coefficient (Wildman–Crippen LogP) is 0.368. The maximum atomic E-state index is 11.8. The van der Waals surface area contributed by atoms with Crippen molar-refractivity contribution in [3.63, 3.8) is 0 Å². The summed E-state index contributed by atoms with van der Waals surface area (Å²) in [6.07, 6.45) is 1.54. The number of amides is 2. The molecule has 0 aliphatic rings. The van der Waals surface area contributed by atoms with Crippen molar-refractivity contribution in [2.75, 3.05) is 6.54 Å². The van der Waals surface area contributed by atoms with Gasteiger partial charge in [0.25, 0.3) is 5.91 Å². The monoisotopic (exact) mass is 276 g/mol. The van der Waals surface area contributed by atoms with Gasteiger partial charge in [-0.3, -0.25) is 14.3 Å². The molecule has 0 radical (unpaired) electrons. The van der Waals surface area contributed by atoms with Gasteiger partial charge in [-0.15, -0.1) is 0 Å². The fourth-order valence-electron chi connectivity index (χ4n) is 1.74. The molecule has 0 fully saturated rings. The minimum Gasteiger partial charge on any atom is -0.467 e. The summed E-state index contributed by atoms with van der Waals surface area (Å²) in [7, 11) is 1.68. The molecule has 0 aliphatic heterocycles. The SMILES string of the molecule is Cc1cc(C(=O)NCC(=O)NCc2ccco2)n(C)n1. The summed E-state index contributed by atoms with van der Waals surface area (Å²) in [5.41, 5.74) is 1.17. The van der Waals surface area contributed by atoms with E-state index in [-0.39, 0.29) is 18.4 Å². The van der Waals surface area contributed by atoms with Gasteiger partial charge in [0.1, 0.15) is 11.5 Å². The van der Waals surface area contributed by atoms with E-state index in [4.69, 9.17) is 4.42 Å². The van der Waals surface area contributed by atoms with E-state index < -0.39 is 0 Å². The van der Waals surface area contributed by atoms with Gasteiger partial charge in [0.2, 0.25) is 5.91 Å². The third kappa shape index (κ3) is 3.47. The molecule has 2 aromatic rings. The van der Waals surface area contributed by atoms with Crippen molar-refractivity contribution in [2.45, 2.75) is 13.5 Å². The van der Waals surface area contributed by atoms with Gasteiger partial charge in [-0.1, -0.05) is 0 Å². The second kappa shape index (κ2) is 6.05. The van der Waals surface area contributed by atoms with Crippen LogP contribution in [0, 0.1) is 6.92 Å². The number of hydrogen-bond donors (Lipinski definition) is 2. The smallest absolute Gasteiger partial charge is 0.269 e. The van der Waals surface area contributed by atoms with Gasteiger partial charge >= 0.3 is 0 Å². The van der Waals surface area contributed by atoms with E-state index in [1.807, 2.05) is 0 Å². The number of nitrogens with one attached hydrogen (secondary N) is 2. The highest BCUT2D eigenvalue weighted by Gasteiger charge is 2.12. The van der Waals surface area contributed by atoms with E-state index in [9.17, 15) is 9.59 Å². The lowest BCUT2D eigenvalue weighted by molar-refractivity contribution is -0.120. The van der Waals surface area contributed by atoms with Crippen LogP contribution in [0.4, 0.5) is 0 Å². The summed E-state index contributed by atoms with van der Waals surface area (Å²) in [6, 6.07) is 5.17. The Balaban J connectivity index is 1.78. The van der Waals surface area contributed by atoms with Crippen molar-refractivity contribution in [3.05, 3.63) is 41.6 Å². The van der Waals surface area contributed by atoms with Crippen molar-refractivity contribution < 1.29 is 14.0 Å². The molecule has 0 atom stereocenters. The summed E-state index contributed by atoms with van der Waals surface area (Å²) in [4.78, 5) is 23.4. The highest BCUT2D eigenvalue weighted by atomic mass is 16.3. The van der Waals surface area contributed by atoms with Gasteiger partial charge in [0.05, 0.1) is 25.0 Å². The Morgan fingerprint density at radius 3 is 2.80 bits per heavy atom. The van der Waals surface area contributed by atoms with Crippen LogP contribution in [-0.2, 0) is 18.4 Å². The Hall–Kier alpha value is -2.57. The van der Waals surface area contributed by atoms with Crippen molar-refractivity contribution >= 4 is 11.8 Å². The second-order valence-corrected chi connectivity index (χ2v) is 4.33.